The summed E-state index contributed by atoms with van der Waals surface area (Å²) in [5, 5.41) is 12.5. The molecule has 0 aliphatic heterocycles. The average Bonchev–Trinajstić information content (AvgIpc) is 3.38. The lowest BCUT2D eigenvalue weighted by atomic mass is 9.98. The van der Waals surface area contributed by atoms with Gasteiger partial charge in [0.25, 0.3) is 5.91 Å². The van der Waals surface area contributed by atoms with E-state index in [0.717, 1.165) is 0 Å². The maximum Gasteiger partial charge on any atom is 0.303 e. The summed E-state index contributed by atoms with van der Waals surface area (Å²) < 4.78 is 39.0. The Morgan fingerprint density at radius 2 is 1.50 bits per heavy atom. The molecule has 1 aromatic heterocycles. The summed E-state index contributed by atoms with van der Waals surface area (Å²) in [6, 6.07) is 25.1. The minimum atomic E-state index is -0.879. The lowest BCUT2D eigenvalue weighted by molar-refractivity contribution is -0.137. The average molecular weight is 542 g/mol. The summed E-state index contributed by atoms with van der Waals surface area (Å²) in [5.41, 5.74) is 2.95. The van der Waals surface area contributed by atoms with E-state index in [-0.39, 0.29) is 18.9 Å². The molecule has 202 valence electrons. The molecule has 0 radical (unpaired) electrons. The highest BCUT2D eigenvalue weighted by Crippen LogP contribution is 2.35. The number of aliphatic carboxylic acids is 1. The molecule has 1 heterocycles. The second-order valence-electron chi connectivity index (χ2n) is 9.21. The van der Waals surface area contributed by atoms with Crippen LogP contribution in [0.2, 0.25) is 0 Å². The standard InChI is InChI=1S/C32H25F2NO5/c33-24-12-7-20(8-13-24)31(21-9-14-25(34)15-10-21)35-32(38)22-11-16-27-23(18-22)19-29(40-27)26-4-1-2-5-28(26)39-17-3-6-30(36)37/h1-2,4-5,7-16,18-19,31H,3,6,17H2,(H,35,38)(H,36,37). The Bertz CT molecular complexity index is 1600. The largest absolute Gasteiger partial charge is 0.493 e. The number of fused-ring (bicyclic) bond motifs is 1. The Hall–Kier alpha value is -4.98. The van der Waals surface area contributed by atoms with Crippen molar-refractivity contribution in [2.75, 3.05) is 6.61 Å². The fourth-order valence-corrected chi connectivity index (χ4v) is 4.40. The summed E-state index contributed by atoms with van der Waals surface area (Å²) in [6.07, 6.45) is 0.389. The van der Waals surface area contributed by atoms with Crippen molar-refractivity contribution in [3.05, 3.63) is 125 Å². The van der Waals surface area contributed by atoms with E-state index < -0.39 is 23.6 Å². The monoisotopic (exact) mass is 541 g/mol. The molecule has 0 bridgehead atoms. The first-order valence-corrected chi connectivity index (χ1v) is 12.7. The number of carbonyl (C=O) groups excluding carboxylic acids is 1. The maximum atomic E-state index is 13.6. The number of rotatable bonds is 10. The zero-order chi connectivity index (χ0) is 28.1. The van der Waals surface area contributed by atoms with E-state index in [4.69, 9.17) is 14.3 Å². The third kappa shape index (κ3) is 6.18. The first kappa shape index (κ1) is 26.6. The zero-order valence-corrected chi connectivity index (χ0v) is 21.3. The van der Waals surface area contributed by atoms with E-state index >= 15 is 0 Å². The number of para-hydroxylation sites is 1. The van der Waals surface area contributed by atoms with E-state index in [2.05, 4.69) is 5.32 Å². The molecule has 1 amide bonds. The summed E-state index contributed by atoms with van der Waals surface area (Å²) >= 11 is 0. The Kier molecular flexibility index (Phi) is 7.87. The van der Waals surface area contributed by atoms with Crippen LogP contribution in [0.1, 0.15) is 40.4 Å². The summed E-state index contributed by atoms with van der Waals surface area (Å²) in [5.74, 6) is -0.952. The first-order valence-electron chi connectivity index (χ1n) is 12.7. The SMILES string of the molecule is O=C(O)CCCOc1ccccc1-c1cc2cc(C(=O)NC(c3ccc(F)cc3)c3ccc(F)cc3)ccc2o1. The van der Waals surface area contributed by atoms with E-state index in [0.29, 0.717) is 51.2 Å². The summed E-state index contributed by atoms with van der Waals surface area (Å²) in [7, 11) is 0. The molecule has 5 aromatic rings. The fourth-order valence-electron chi connectivity index (χ4n) is 4.40. The van der Waals surface area contributed by atoms with Crippen LogP contribution in [0.5, 0.6) is 5.75 Å². The van der Waals surface area contributed by atoms with Crippen LogP contribution < -0.4 is 10.1 Å². The molecule has 5 rings (SSSR count). The predicted molar refractivity (Wildman–Crippen MR) is 146 cm³/mol. The summed E-state index contributed by atoms with van der Waals surface area (Å²) in [6.45, 7) is 0.247. The molecule has 0 aliphatic rings. The van der Waals surface area contributed by atoms with Gasteiger partial charge in [-0.1, -0.05) is 36.4 Å². The number of ether oxygens (including phenoxy) is 1. The molecule has 0 aliphatic carbocycles. The van der Waals surface area contributed by atoms with Gasteiger partial charge in [0.1, 0.15) is 28.7 Å². The topological polar surface area (TPSA) is 88.8 Å². The van der Waals surface area contributed by atoms with Gasteiger partial charge in [-0.15, -0.1) is 0 Å². The van der Waals surface area contributed by atoms with Crippen LogP contribution in [0.15, 0.2) is 101 Å². The molecule has 0 atom stereocenters. The molecular weight excluding hydrogens is 516 g/mol. The van der Waals surface area contributed by atoms with Crippen molar-refractivity contribution >= 4 is 22.8 Å². The number of hydrogen-bond donors (Lipinski definition) is 2. The van der Waals surface area contributed by atoms with Gasteiger partial charge in [0.2, 0.25) is 0 Å². The second-order valence-corrected chi connectivity index (χ2v) is 9.21. The van der Waals surface area contributed by atoms with Crippen molar-refractivity contribution in [2.45, 2.75) is 18.9 Å². The number of benzene rings is 4. The molecule has 0 saturated heterocycles. The fraction of sp³-hybridized carbons (Fsp3) is 0.125. The van der Waals surface area contributed by atoms with E-state index in [1.54, 1.807) is 48.5 Å². The van der Waals surface area contributed by atoms with Crippen molar-refractivity contribution in [3.63, 3.8) is 0 Å². The minimum absolute atomic E-state index is 0.0147. The molecule has 2 N–H and O–H groups in total. The number of carboxylic acid groups (broad SMARTS) is 1. The molecule has 6 nitrogen and oxygen atoms in total. The van der Waals surface area contributed by atoms with Gasteiger partial charge in [0.15, 0.2) is 0 Å². The molecule has 4 aromatic carbocycles. The molecular formula is C32H25F2NO5. The van der Waals surface area contributed by atoms with Crippen LogP contribution >= 0.6 is 0 Å². The minimum Gasteiger partial charge on any atom is -0.493 e. The third-order valence-corrected chi connectivity index (χ3v) is 6.41. The van der Waals surface area contributed by atoms with Crippen LogP contribution in [-0.2, 0) is 4.79 Å². The molecule has 0 unspecified atom stereocenters. The Balaban J connectivity index is 1.39. The van der Waals surface area contributed by atoms with Crippen molar-refractivity contribution in [1.29, 1.82) is 0 Å². The summed E-state index contributed by atoms with van der Waals surface area (Å²) in [4.78, 5) is 24.1. The van der Waals surface area contributed by atoms with Gasteiger partial charge in [-0.05, 0) is 78.2 Å². The number of furan rings is 1. The van der Waals surface area contributed by atoms with Crippen molar-refractivity contribution < 1.29 is 32.6 Å². The molecule has 0 spiro atoms. The highest BCUT2D eigenvalue weighted by molar-refractivity contribution is 5.99. The van der Waals surface area contributed by atoms with Crippen molar-refractivity contribution in [1.82, 2.24) is 5.32 Å². The highest BCUT2D eigenvalue weighted by Gasteiger charge is 2.20. The van der Waals surface area contributed by atoms with Crippen LogP contribution in [0.4, 0.5) is 8.78 Å². The number of halogens is 2. The highest BCUT2D eigenvalue weighted by atomic mass is 19.1. The number of carboxylic acids is 1. The lowest BCUT2D eigenvalue weighted by Gasteiger charge is -2.20. The number of nitrogens with one attached hydrogen (secondary N) is 1. The number of amides is 1. The number of carbonyl (C=O) groups is 2. The molecule has 8 heteroatoms. The van der Waals surface area contributed by atoms with Gasteiger partial charge < -0.3 is 19.6 Å². The Morgan fingerprint density at radius 1 is 0.850 bits per heavy atom. The smallest absolute Gasteiger partial charge is 0.303 e. The second kappa shape index (κ2) is 11.8. The normalized spacial score (nSPS) is 11.1. The first-order chi connectivity index (χ1) is 19.4. The Labute approximate surface area is 228 Å². The van der Waals surface area contributed by atoms with Crippen LogP contribution in [0, 0.1) is 11.6 Å². The zero-order valence-electron chi connectivity index (χ0n) is 21.3. The van der Waals surface area contributed by atoms with Crippen LogP contribution in [0.25, 0.3) is 22.3 Å². The molecule has 0 saturated carbocycles. The van der Waals surface area contributed by atoms with Crippen molar-refractivity contribution in [2.24, 2.45) is 0 Å². The van der Waals surface area contributed by atoms with Gasteiger partial charge in [-0.3, -0.25) is 9.59 Å². The van der Waals surface area contributed by atoms with Crippen LogP contribution in [-0.4, -0.2) is 23.6 Å². The van der Waals surface area contributed by atoms with Gasteiger partial charge in [0, 0.05) is 17.4 Å². The third-order valence-electron chi connectivity index (χ3n) is 6.41. The van der Waals surface area contributed by atoms with Gasteiger partial charge >= 0.3 is 5.97 Å². The van der Waals surface area contributed by atoms with E-state index in [1.807, 2.05) is 24.3 Å². The molecule has 0 fully saturated rings. The Morgan fingerprint density at radius 3 is 2.15 bits per heavy atom. The maximum absolute atomic E-state index is 13.6. The van der Waals surface area contributed by atoms with Crippen LogP contribution in [0.3, 0.4) is 0 Å². The van der Waals surface area contributed by atoms with E-state index in [1.165, 1.54) is 24.3 Å². The number of hydrogen-bond acceptors (Lipinski definition) is 4. The quantitative estimate of drug-likeness (QED) is 0.184. The molecule has 40 heavy (non-hydrogen) atoms. The van der Waals surface area contributed by atoms with Gasteiger partial charge in [-0.25, -0.2) is 8.78 Å². The predicted octanol–water partition coefficient (Wildman–Crippen LogP) is 7.14. The van der Waals surface area contributed by atoms with E-state index in [9.17, 15) is 18.4 Å². The van der Waals surface area contributed by atoms with Gasteiger partial charge in [0.05, 0.1) is 18.2 Å². The van der Waals surface area contributed by atoms with Gasteiger partial charge in [-0.2, -0.15) is 0 Å². The lowest BCUT2D eigenvalue weighted by Crippen LogP contribution is -2.29. The van der Waals surface area contributed by atoms with Crippen molar-refractivity contribution in [3.8, 4) is 17.1 Å².